The van der Waals surface area contributed by atoms with Gasteiger partial charge >= 0.3 is 0 Å². The van der Waals surface area contributed by atoms with E-state index in [0.717, 1.165) is 0 Å². The molecule has 1 heterocycles. The second-order valence-corrected chi connectivity index (χ2v) is 5.11. The molecule has 4 nitrogen and oxygen atoms in total. The normalized spacial score (nSPS) is 23.7. The topological polar surface area (TPSA) is 53.2 Å². The first-order chi connectivity index (χ1) is 7.58. The molecule has 0 saturated carbocycles. The van der Waals surface area contributed by atoms with Gasteiger partial charge in [0.15, 0.2) is 0 Å². The highest BCUT2D eigenvalue weighted by atomic mass is 79.9. The number of alkyl halides is 1. The Labute approximate surface area is 108 Å². The Morgan fingerprint density at radius 2 is 2.19 bits per heavy atom. The highest BCUT2D eigenvalue weighted by Crippen LogP contribution is 2.16. The van der Waals surface area contributed by atoms with E-state index in [1.807, 2.05) is 0 Å². The largest absolute Gasteiger partial charge is 0.333 e. The van der Waals surface area contributed by atoms with E-state index in [0.29, 0.717) is 4.47 Å². The molecule has 1 amide bonds. The number of halogens is 3. The van der Waals surface area contributed by atoms with Crippen LogP contribution in [0.5, 0.6) is 0 Å². The van der Waals surface area contributed by atoms with Crippen molar-refractivity contribution >= 4 is 37.8 Å². The molecule has 7 heteroatoms. The van der Waals surface area contributed by atoms with Crippen LogP contribution in [0, 0.1) is 5.82 Å². The summed E-state index contributed by atoms with van der Waals surface area (Å²) in [5, 5.41) is 2.69. The summed E-state index contributed by atoms with van der Waals surface area (Å²) in [5.74, 6) is -0.780. The number of rotatable bonds is 2. The molecule has 2 atom stereocenters. The molecule has 0 spiro atoms. The van der Waals surface area contributed by atoms with E-state index in [2.05, 4.69) is 48.0 Å². The molecule has 86 valence electrons. The van der Waals surface area contributed by atoms with Crippen molar-refractivity contribution in [1.29, 1.82) is 0 Å². The maximum atomic E-state index is 13.2. The molecule has 16 heavy (non-hydrogen) atoms. The van der Waals surface area contributed by atoms with E-state index in [9.17, 15) is 9.18 Å². The van der Waals surface area contributed by atoms with Gasteiger partial charge in [-0.15, -0.1) is 0 Å². The van der Waals surface area contributed by atoms with Crippen LogP contribution in [0.4, 0.5) is 4.39 Å². The lowest BCUT2D eigenvalue weighted by Crippen LogP contribution is -2.71. The molecular formula is C9H8Br2FN3O. The van der Waals surface area contributed by atoms with Crippen LogP contribution in [0.1, 0.15) is 10.4 Å². The fourth-order valence-corrected chi connectivity index (χ4v) is 1.84. The van der Waals surface area contributed by atoms with E-state index in [-0.39, 0.29) is 22.6 Å². The molecule has 1 aliphatic rings. The van der Waals surface area contributed by atoms with Gasteiger partial charge < -0.3 is 5.32 Å². The monoisotopic (exact) mass is 351 g/mol. The number of nitrogens with one attached hydrogen (secondary N) is 3. The van der Waals surface area contributed by atoms with Gasteiger partial charge in [0.25, 0.3) is 5.91 Å². The number of hydrazine groups is 1. The number of carbonyl (C=O) groups is 1. The molecule has 0 radical (unpaired) electrons. The molecule has 1 fully saturated rings. The van der Waals surface area contributed by atoms with Crippen LogP contribution in [-0.2, 0) is 0 Å². The molecule has 0 aliphatic carbocycles. The first-order valence-corrected chi connectivity index (χ1v) is 6.20. The van der Waals surface area contributed by atoms with Gasteiger partial charge in [-0.3, -0.25) is 4.79 Å². The average molecular weight is 353 g/mol. The van der Waals surface area contributed by atoms with Crippen molar-refractivity contribution in [3.8, 4) is 0 Å². The van der Waals surface area contributed by atoms with Crippen molar-refractivity contribution in [2.75, 3.05) is 0 Å². The Morgan fingerprint density at radius 1 is 1.44 bits per heavy atom. The quantitative estimate of drug-likeness (QED) is 0.558. The number of benzene rings is 1. The predicted molar refractivity (Wildman–Crippen MR) is 64.3 cm³/mol. The van der Waals surface area contributed by atoms with Crippen LogP contribution in [0.15, 0.2) is 22.7 Å². The third kappa shape index (κ3) is 2.42. The summed E-state index contributed by atoms with van der Waals surface area (Å²) >= 11 is 6.31. The van der Waals surface area contributed by atoms with Gasteiger partial charge in [0.1, 0.15) is 16.9 Å². The second kappa shape index (κ2) is 4.79. The van der Waals surface area contributed by atoms with Crippen LogP contribution in [0.2, 0.25) is 0 Å². The van der Waals surface area contributed by atoms with Crippen LogP contribution in [0.3, 0.4) is 0 Å². The highest BCUT2D eigenvalue weighted by molar-refractivity contribution is 9.10. The smallest absolute Gasteiger partial charge is 0.252 e. The average Bonchev–Trinajstić information content (AvgIpc) is 2.27. The van der Waals surface area contributed by atoms with Crippen molar-refractivity contribution < 1.29 is 9.18 Å². The molecule has 1 saturated heterocycles. The minimum atomic E-state index is -0.456. The van der Waals surface area contributed by atoms with Crippen molar-refractivity contribution in [2.45, 2.75) is 11.1 Å². The van der Waals surface area contributed by atoms with E-state index >= 15 is 0 Å². The van der Waals surface area contributed by atoms with Crippen LogP contribution in [-0.4, -0.2) is 17.0 Å². The summed E-state index contributed by atoms with van der Waals surface area (Å²) < 4.78 is 13.5. The minimum absolute atomic E-state index is 0.0169. The zero-order chi connectivity index (χ0) is 11.7. The zero-order valence-corrected chi connectivity index (χ0v) is 11.1. The Kier molecular flexibility index (Phi) is 3.58. The number of carbonyl (C=O) groups excluding carboxylic acids is 1. The van der Waals surface area contributed by atoms with Gasteiger partial charge in [-0.2, -0.15) is 0 Å². The highest BCUT2D eigenvalue weighted by Gasteiger charge is 2.28. The molecule has 1 unspecified atom stereocenters. The van der Waals surface area contributed by atoms with Gasteiger partial charge in [0, 0.05) is 5.56 Å². The van der Waals surface area contributed by atoms with Crippen molar-refractivity contribution in [3.05, 3.63) is 34.1 Å². The lowest BCUT2D eigenvalue weighted by atomic mass is 10.2. The third-order valence-corrected chi connectivity index (χ3v) is 3.54. The van der Waals surface area contributed by atoms with Gasteiger partial charge in [-0.1, -0.05) is 15.9 Å². The third-order valence-electron chi connectivity index (χ3n) is 2.14. The maximum Gasteiger partial charge on any atom is 0.252 e. The van der Waals surface area contributed by atoms with E-state index in [4.69, 9.17) is 0 Å². The molecule has 1 aromatic carbocycles. The van der Waals surface area contributed by atoms with Gasteiger partial charge in [-0.05, 0) is 34.1 Å². The van der Waals surface area contributed by atoms with Gasteiger partial charge in [0.2, 0.25) is 0 Å². The molecule has 2 rings (SSSR count). The Balaban J connectivity index is 2.06. The zero-order valence-electron chi connectivity index (χ0n) is 7.93. The summed E-state index contributed by atoms with van der Waals surface area (Å²) in [6.45, 7) is 0. The Morgan fingerprint density at radius 3 is 2.69 bits per heavy atom. The Hall–Kier alpha value is -0.500. The van der Waals surface area contributed by atoms with Crippen molar-refractivity contribution in [2.24, 2.45) is 0 Å². The fourth-order valence-electron chi connectivity index (χ4n) is 1.20. The Bertz CT molecular complexity index is 429. The fraction of sp³-hybridized carbons (Fsp3) is 0.222. The summed E-state index contributed by atoms with van der Waals surface area (Å²) in [7, 11) is 0. The van der Waals surface area contributed by atoms with Crippen LogP contribution >= 0.6 is 31.9 Å². The minimum Gasteiger partial charge on any atom is -0.333 e. The molecular weight excluding hydrogens is 345 g/mol. The maximum absolute atomic E-state index is 13.2. The summed E-state index contributed by atoms with van der Waals surface area (Å²) in [4.78, 5) is 11.7. The summed E-state index contributed by atoms with van der Waals surface area (Å²) in [6.07, 6.45) is -0.195. The molecule has 1 aliphatic heterocycles. The molecule has 3 N–H and O–H groups in total. The van der Waals surface area contributed by atoms with Crippen molar-refractivity contribution in [1.82, 2.24) is 16.2 Å². The predicted octanol–water partition coefficient (Wildman–Crippen LogP) is 1.47. The van der Waals surface area contributed by atoms with Crippen LogP contribution in [0.25, 0.3) is 0 Å². The summed E-state index contributed by atoms with van der Waals surface area (Å²) in [6, 6.07) is 4.24. The first kappa shape index (κ1) is 12.0. The van der Waals surface area contributed by atoms with E-state index in [1.165, 1.54) is 12.1 Å². The lowest BCUT2D eigenvalue weighted by Gasteiger charge is -2.35. The number of amides is 1. The second-order valence-electron chi connectivity index (χ2n) is 3.27. The van der Waals surface area contributed by atoms with Gasteiger partial charge in [0.05, 0.1) is 4.47 Å². The number of hydrogen-bond acceptors (Lipinski definition) is 3. The molecule has 0 aromatic heterocycles. The standard InChI is InChI=1S/C9H8Br2FN3O/c10-5-2-1-4(3-6(5)12)9(16)13-8-7(11)14-15-8/h1-3,7-8,14-15H,(H,13,16)/t7-,8?/m1/s1. The molecule has 1 aromatic rings. The molecule has 0 bridgehead atoms. The van der Waals surface area contributed by atoms with E-state index < -0.39 is 5.82 Å². The summed E-state index contributed by atoms with van der Waals surface area (Å²) in [5.41, 5.74) is 5.88. The lowest BCUT2D eigenvalue weighted by molar-refractivity contribution is 0.0886. The number of hydrogen-bond donors (Lipinski definition) is 3. The SMILES string of the molecule is O=C(NC1NN[C@H]1Br)c1ccc(Br)c(F)c1. The van der Waals surface area contributed by atoms with Crippen molar-refractivity contribution in [3.63, 3.8) is 0 Å². The van der Waals surface area contributed by atoms with Crippen LogP contribution < -0.4 is 16.2 Å². The first-order valence-electron chi connectivity index (χ1n) is 4.49. The van der Waals surface area contributed by atoms with E-state index in [1.54, 1.807) is 6.07 Å². The van der Waals surface area contributed by atoms with Gasteiger partial charge in [-0.25, -0.2) is 15.2 Å².